The summed E-state index contributed by atoms with van der Waals surface area (Å²) in [7, 11) is 0. The molecular weight excluding hydrogens is 401 g/mol. The second-order valence-electron chi connectivity index (χ2n) is 6.61. The van der Waals surface area contributed by atoms with Crippen molar-refractivity contribution in [3.05, 3.63) is 95.8 Å². The van der Waals surface area contributed by atoms with E-state index >= 15 is 0 Å². The predicted molar refractivity (Wildman–Crippen MR) is 120 cm³/mol. The van der Waals surface area contributed by atoms with Crippen molar-refractivity contribution in [2.75, 3.05) is 9.62 Å². The summed E-state index contributed by atoms with van der Waals surface area (Å²) in [6.45, 7) is 1.99. The molecule has 0 aliphatic heterocycles. The molecule has 0 spiro atoms. The Hall–Kier alpha value is -3.32. The van der Waals surface area contributed by atoms with Crippen molar-refractivity contribution in [1.29, 1.82) is 0 Å². The van der Waals surface area contributed by atoms with E-state index in [4.69, 9.17) is 0 Å². The first kappa shape index (κ1) is 21.4. The van der Waals surface area contributed by atoms with Crippen molar-refractivity contribution in [3.63, 3.8) is 0 Å². The Balaban J connectivity index is 1.64. The van der Waals surface area contributed by atoms with Gasteiger partial charge in [0, 0.05) is 5.69 Å². The van der Waals surface area contributed by atoms with Gasteiger partial charge in [-0.15, -0.1) is 0 Å². The quantitative estimate of drug-likeness (QED) is 0.453. The highest BCUT2D eigenvalue weighted by molar-refractivity contribution is 7.82. The number of halogens is 1. The number of nitrogens with zero attached hydrogens (tertiary/aromatic N) is 1. The van der Waals surface area contributed by atoms with Gasteiger partial charge in [-0.2, -0.15) is 0 Å². The Labute approximate surface area is 180 Å². The van der Waals surface area contributed by atoms with E-state index in [2.05, 4.69) is 23.4 Å². The predicted octanol–water partition coefficient (Wildman–Crippen LogP) is 5.59. The summed E-state index contributed by atoms with van der Waals surface area (Å²) in [5.41, 5.74) is 1.98. The van der Waals surface area contributed by atoms with Crippen LogP contribution in [0.25, 0.3) is 0 Å². The number of hydrogen-bond acceptors (Lipinski definition) is 3. The zero-order valence-corrected chi connectivity index (χ0v) is 17.3. The van der Waals surface area contributed by atoms with Crippen molar-refractivity contribution in [2.24, 2.45) is 0 Å². The van der Waals surface area contributed by atoms with E-state index in [0.29, 0.717) is 11.4 Å². The molecule has 3 rings (SSSR count). The molecule has 0 saturated heterocycles. The highest BCUT2D eigenvalue weighted by Gasteiger charge is 2.18. The molecule has 154 valence electrons. The molecule has 0 fully saturated rings. The largest absolute Gasteiger partial charge is 0.332 e. The van der Waals surface area contributed by atoms with Crippen LogP contribution in [-0.2, 0) is 0 Å². The van der Waals surface area contributed by atoms with Crippen LogP contribution in [-0.4, -0.2) is 11.9 Å². The Kier molecular flexibility index (Phi) is 7.08. The molecule has 7 heteroatoms. The smallest absolute Gasteiger partial charge is 0.330 e. The van der Waals surface area contributed by atoms with Crippen LogP contribution in [0.5, 0.6) is 0 Å². The van der Waals surface area contributed by atoms with Crippen LogP contribution < -0.4 is 14.9 Å². The third-order valence-electron chi connectivity index (χ3n) is 4.59. The lowest BCUT2D eigenvalue weighted by atomic mass is 10.1. The normalized spacial score (nSPS) is 11.4. The third kappa shape index (κ3) is 5.18. The van der Waals surface area contributed by atoms with Crippen LogP contribution in [0, 0.1) is 5.82 Å². The lowest BCUT2D eigenvalue weighted by Crippen LogP contribution is -2.36. The summed E-state index contributed by atoms with van der Waals surface area (Å²) >= 11 is 4.30. The molecule has 0 bridgehead atoms. The highest BCUT2D eigenvalue weighted by atomic mass is 32.1. The number of thiol groups is 1. The zero-order chi connectivity index (χ0) is 21.5. The minimum atomic E-state index is -0.589. The molecular formula is C23H22FN3O2S. The van der Waals surface area contributed by atoms with Crippen LogP contribution in [0.2, 0.25) is 0 Å². The third-order valence-corrected chi connectivity index (χ3v) is 5.00. The first-order valence-electron chi connectivity index (χ1n) is 9.50. The molecule has 5 nitrogen and oxygen atoms in total. The first-order valence-corrected chi connectivity index (χ1v) is 9.90. The van der Waals surface area contributed by atoms with Crippen LogP contribution >= 0.6 is 12.8 Å². The number of hydrogen-bond donors (Lipinski definition) is 3. The number of anilines is 2. The molecule has 3 amide bonds. The number of carbonyl (C=O) groups is 2. The van der Waals surface area contributed by atoms with Gasteiger partial charge in [-0.1, -0.05) is 62.2 Å². The maximum Gasteiger partial charge on any atom is 0.332 e. The lowest BCUT2D eigenvalue weighted by molar-refractivity contribution is 0.102. The first-order chi connectivity index (χ1) is 14.5. The molecule has 1 atom stereocenters. The Morgan fingerprint density at radius 1 is 0.967 bits per heavy atom. The molecule has 0 radical (unpaired) electrons. The van der Waals surface area contributed by atoms with Gasteiger partial charge in [-0.25, -0.2) is 13.5 Å². The fraction of sp³-hybridized carbons (Fsp3) is 0.130. The van der Waals surface area contributed by atoms with Gasteiger partial charge < -0.3 is 10.6 Å². The Morgan fingerprint density at radius 3 is 2.23 bits per heavy atom. The van der Waals surface area contributed by atoms with Gasteiger partial charge in [0.1, 0.15) is 5.82 Å². The van der Waals surface area contributed by atoms with E-state index in [1.807, 2.05) is 37.3 Å². The number of carbonyl (C=O) groups excluding carboxylic acids is 2. The minimum Gasteiger partial charge on any atom is -0.330 e. The SMILES string of the molecule is CCC(NC(=O)N(S)c1ccc(NC(=O)c2ccccc2F)cc1)c1ccccc1. The number of benzene rings is 3. The van der Waals surface area contributed by atoms with Gasteiger partial charge in [0.25, 0.3) is 5.91 Å². The fourth-order valence-corrected chi connectivity index (χ4v) is 3.15. The molecule has 1 unspecified atom stereocenters. The van der Waals surface area contributed by atoms with Crippen molar-refractivity contribution in [1.82, 2.24) is 5.32 Å². The van der Waals surface area contributed by atoms with Gasteiger partial charge in [0.05, 0.1) is 17.3 Å². The number of amides is 3. The molecule has 0 aliphatic rings. The highest BCUT2D eigenvalue weighted by Crippen LogP contribution is 2.22. The van der Waals surface area contributed by atoms with Crippen molar-refractivity contribution < 1.29 is 14.0 Å². The summed E-state index contributed by atoms with van der Waals surface area (Å²) in [4.78, 5) is 24.8. The van der Waals surface area contributed by atoms with E-state index in [0.717, 1.165) is 12.0 Å². The topological polar surface area (TPSA) is 61.4 Å². The van der Waals surface area contributed by atoms with E-state index in [9.17, 15) is 14.0 Å². The van der Waals surface area contributed by atoms with Gasteiger partial charge in [-0.05, 0) is 48.4 Å². The van der Waals surface area contributed by atoms with Crippen molar-refractivity contribution >= 4 is 36.1 Å². The Bertz CT molecular complexity index is 1010. The molecule has 0 aliphatic carbocycles. The van der Waals surface area contributed by atoms with Crippen molar-refractivity contribution in [2.45, 2.75) is 19.4 Å². The number of nitrogens with one attached hydrogen (secondary N) is 2. The summed E-state index contributed by atoms with van der Waals surface area (Å²) < 4.78 is 14.9. The number of rotatable bonds is 6. The summed E-state index contributed by atoms with van der Waals surface area (Å²) in [5, 5.41) is 5.59. The maximum absolute atomic E-state index is 13.7. The minimum absolute atomic E-state index is 0.0386. The molecule has 0 heterocycles. The molecule has 3 aromatic carbocycles. The van der Waals surface area contributed by atoms with Crippen LogP contribution in [0.15, 0.2) is 78.9 Å². The second kappa shape index (κ2) is 9.93. The van der Waals surface area contributed by atoms with Crippen LogP contribution in [0.4, 0.5) is 20.6 Å². The van der Waals surface area contributed by atoms with Gasteiger partial charge >= 0.3 is 6.03 Å². The van der Waals surface area contributed by atoms with E-state index in [-0.39, 0.29) is 17.6 Å². The maximum atomic E-state index is 13.7. The number of urea groups is 1. The zero-order valence-electron chi connectivity index (χ0n) is 16.4. The van der Waals surface area contributed by atoms with Crippen LogP contribution in [0.3, 0.4) is 0 Å². The van der Waals surface area contributed by atoms with Gasteiger partial charge in [0.2, 0.25) is 0 Å². The fourth-order valence-electron chi connectivity index (χ4n) is 2.96. The van der Waals surface area contributed by atoms with Crippen molar-refractivity contribution in [3.8, 4) is 0 Å². The molecule has 2 N–H and O–H groups in total. The second-order valence-corrected chi connectivity index (χ2v) is 7.01. The summed E-state index contributed by atoms with van der Waals surface area (Å²) in [5.74, 6) is -1.14. The molecule has 0 aromatic heterocycles. The standard InChI is InChI=1S/C23H22FN3O2S/c1-2-21(16-8-4-3-5-9-16)26-23(29)27(30)18-14-12-17(13-15-18)25-22(28)19-10-6-7-11-20(19)24/h3-15,21,30H,2H2,1H3,(H,25,28)(H,26,29). The average Bonchev–Trinajstić information content (AvgIpc) is 2.78. The van der Waals surface area contributed by atoms with Gasteiger partial charge in [0.15, 0.2) is 0 Å². The van der Waals surface area contributed by atoms with E-state index in [1.54, 1.807) is 30.3 Å². The lowest BCUT2D eigenvalue weighted by Gasteiger charge is -2.22. The molecule has 30 heavy (non-hydrogen) atoms. The molecule has 3 aromatic rings. The van der Waals surface area contributed by atoms with E-state index < -0.39 is 11.7 Å². The summed E-state index contributed by atoms with van der Waals surface area (Å²) in [6.07, 6.45) is 0.735. The Morgan fingerprint density at radius 2 is 1.60 bits per heavy atom. The molecule has 0 saturated carbocycles. The average molecular weight is 424 g/mol. The monoisotopic (exact) mass is 423 g/mol. The van der Waals surface area contributed by atoms with Gasteiger partial charge in [-0.3, -0.25) is 4.79 Å². The van der Waals surface area contributed by atoms with E-state index in [1.165, 1.54) is 22.5 Å². The van der Waals surface area contributed by atoms with Crippen LogP contribution in [0.1, 0.15) is 35.3 Å². The summed E-state index contributed by atoms with van der Waals surface area (Å²) in [6, 6.07) is 21.5.